The van der Waals surface area contributed by atoms with Crippen molar-refractivity contribution in [2.24, 2.45) is 0 Å². The Morgan fingerprint density at radius 3 is 2.73 bits per heavy atom. The highest BCUT2D eigenvalue weighted by Gasteiger charge is 2.32. The summed E-state index contributed by atoms with van der Waals surface area (Å²) in [4.78, 5) is 20.8. The summed E-state index contributed by atoms with van der Waals surface area (Å²) in [6.07, 6.45) is 3.50. The molecule has 1 aromatic heterocycles. The third-order valence-electron chi connectivity index (χ3n) is 5.24. The van der Waals surface area contributed by atoms with E-state index >= 15 is 0 Å². The van der Waals surface area contributed by atoms with Crippen LogP contribution < -0.4 is 9.80 Å². The maximum Gasteiger partial charge on any atom is 0.281 e. The first-order valence-electron chi connectivity index (χ1n) is 9.24. The predicted octanol–water partition coefficient (Wildman–Crippen LogP) is 3.07. The normalized spacial score (nSPS) is 20.2. The van der Waals surface area contributed by atoms with Gasteiger partial charge in [0.1, 0.15) is 6.04 Å². The Hall–Kier alpha value is -2.24. The number of piperidine rings is 1. The topological polar surface area (TPSA) is 37.6 Å². The van der Waals surface area contributed by atoms with E-state index in [4.69, 9.17) is 4.98 Å². The summed E-state index contributed by atoms with van der Waals surface area (Å²) in [5, 5.41) is 1.18. The summed E-state index contributed by atoms with van der Waals surface area (Å²) < 4.78 is 1.24. The highest BCUT2D eigenvalue weighted by atomic mass is 32.1. The van der Waals surface area contributed by atoms with E-state index in [2.05, 4.69) is 18.2 Å². The second-order valence-electron chi connectivity index (χ2n) is 6.94. The number of quaternary nitrogens is 1. The quantitative estimate of drug-likeness (QED) is 0.771. The molecule has 4 nitrogen and oxygen atoms in total. The Kier molecular flexibility index (Phi) is 5.00. The zero-order valence-corrected chi connectivity index (χ0v) is 15.8. The van der Waals surface area contributed by atoms with Gasteiger partial charge in [0.2, 0.25) is 0 Å². The smallest absolute Gasteiger partial charge is 0.281 e. The number of nitrogens with one attached hydrogen (secondary N) is 1. The van der Waals surface area contributed by atoms with Gasteiger partial charge < -0.3 is 9.80 Å². The van der Waals surface area contributed by atoms with E-state index in [1.807, 2.05) is 43.4 Å². The molecule has 4 rings (SSSR count). The zero-order valence-electron chi connectivity index (χ0n) is 15.0. The van der Waals surface area contributed by atoms with Crippen molar-refractivity contribution < 1.29 is 9.69 Å². The second kappa shape index (κ2) is 7.56. The van der Waals surface area contributed by atoms with E-state index in [1.54, 1.807) is 16.2 Å². The zero-order chi connectivity index (χ0) is 17.9. The number of nitrogens with zero attached hydrogens (tertiary/aromatic N) is 2. The minimum Gasteiger partial charge on any atom is -0.319 e. The fraction of sp³-hybridized carbons (Fsp3) is 0.333. The van der Waals surface area contributed by atoms with Gasteiger partial charge in [0, 0.05) is 19.2 Å². The molecule has 0 radical (unpaired) electrons. The molecule has 1 fully saturated rings. The van der Waals surface area contributed by atoms with Gasteiger partial charge in [-0.1, -0.05) is 30.3 Å². The number of fused-ring (bicyclic) bond motifs is 1. The van der Waals surface area contributed by atoms with Crippen molar-refractivity contribution in [2.75, 3.05) is 25.0 Å². The van der Waals surface area contributed by atoms with Gasteiger partial charge in [0.15, 0.2) is 11.6 Å². The first-order valence-corrected chi connectivity index (χ1v) is 10.1. The number of likely N-dealkylation sites (N-methyl/N-ethyl adjacent to an activating group) is 1. The van der Waals surface area contributed by atoms with E-state index in [0.717, 1.165) is 24.2 Å². The average Bonchev–Trinajstić information content (AvgIpc) is 3.12. The Morgan fingerprint density at radius 1 is 1.15 bits per heavy atom. The molecule has 1 aliphatic rings. The number of benzene rings is 2. The molecule has 1 saturated heterocycles. The van der Waals surface area contributed by atoms with Crippen LogP contribution in [0.3, 0.4) is 0 Å². The molecule has 0 spiro atoms. The van der Waals surface area contributed by atoms with Crippen molar-refractivity contribution in [3.63, 3.8) is 0 Å². The number of amides is 1. The number of likely N-dealkylation sites (tertiary alicyclic amines) is 1. The number of para-hydroxylation sites is 2. The van der Waals surface area contributed by atoms with Crippen molar-refractivity contribution in [3.8, 4) is 0 Å². The molecule has 0 saturated carbocycles. The Bertz CT molecular complexity index is 859. The molecule has 3 aromatic rings. The van der Waals surface area contributed by atoms with Crippen LogP contribution in [0.25, 0.3) is 10.2 Å². The molecule has 1 aliphatic heterocycles. The molecule has 5 heteroatoms. The average molecular weight is 367 g/mol. The minimum absolute atomic E-state index is 0.166. The minimum atomic E-state index is 0.166. The molecule has 0 bridgehead atoms. The third-order valence-corrected chi connectivity index (χ3v) is 6.39. The molecule has 1 N–H and O–H groups in total. The lowest BCUT2D eigenvalue weighted by molar-refractivity contribution is -0.929. The van der Waals surface area contributed by atoms with Gasteiger partial charge in [-0.2, -0.15) is 0 Å². The number of hydrogen-bond acceptors (Lipinski definition) is 3. The van der Waals surface area contributed by atoms with Gasteiger partial charge in [-0.3, -0.25) is 4.79 Å². The van der Waals surface area contributed by atoms with Crippen molar-refractivity contribution in [1.29, 1.82) is 0 Å². The highest BCUT2D eigenvalue weighted by Crippen LogP contribution is 2.28. The van der Waals surface area contributed by atoms with E-state index in [-0.39, 0.29) is 5.91 Å². The van der Waals surface area contributed by atoms with Crippen LogP contribution in [0.1, 0.15) is 30.3 Å². The van der Waals surface area contributed by atoms with Crippen LogP contribution >= 0.6 is 11.3 Å². The highest BCUT2D eigenvalue weighted by molar-refractivity contribution is 7.18. The molecular formula is C21H24N3OS+. The van der Waals surface area contributed by atoms with E-state index in [0.29, 0.717) is 12.6 Å². The van der Waals surface area contributed by atoms with Crippen LogP contribution in [0.2, 0.25) is 0 Å². The number of anilines is 1. The SMILES string of the molecule is CN(C(=O)C[NH+]1CCCC[C@@H]1c1nc2ccccc2s1)c1ccccc1. The fourth-order valence-electron chi connectivity index (χ4n) is 3.74. The van der Waals surface area contributed by atoms with Crippen molar-refractivity contribution in [3.05, 3.63) is 59.6 Å². The summed E-state index contributed by atoms with van der Waals surface area (Å²) in [5.41, 5.74) is 2.02. The van der Waals surface area contributed by atoms with Crippen molar-refractivity contribution in [2.45, 2.75) is 25.3 Å². The second-order valence-corrected chi connectivity index (χ2v) is 8.00. The van der Waals surface area contributed by atoms with Gasteiger partial charge in [-0.05, 0) is 37.1 Å². The van der Waals surface area contributed by atoms with Gasteiger partial charge in [-0.15, -0.1) is 11.3 Å². The first-order chi connectivity index (χ1) is 12.7. The molecule has 2 aromatic carbocycles. The van der Waals surface area contributed by atoms with Crippen LogP contribution in [0.4, 0.5) is 5.69 Å². The number of rotatable bonds is 4. The number of hydrogen-bond donors (Lipinski definition) is 1. The van der Waals surface area contributed by atoms with Crippen LogP contribution in [0.5, 0.6) is 0 Å². The standard InChI is InChI=1S/C21H23N3OS/c1-23(16-9-3-2-4-10-16)20(25)15-24-14-8-7-12-18(24)21-22-17-11-5-6-13-19(17)26-21/h2-6,9-11,13,18H,7-8,12,14-15H2,1H3/p+1/t18-/m1/s1. The number of carbonyl (C=O) groups excluding carboxylic acids is 1. The Labute approximate surface area is 158 Å². The van der Waals surface area contributed by atoms with E-state index in [9.17, 15) is 4.79 Å². The molecule has 26 heavy (non-hydrogen) atoms. The van der Waals surface area contributed by atoms with Gasteiger partial charge in [-0.25, -0.2) is 4.98 Å². The van der Waals surface area contributed by atoms with Crippen LogP contribution in [-0.4, -0.2) is 31.0 Å². The maximum atomic E-state index is 12.8. The predicted molar refractivity (Wildman–Crippen MR) is 107 cm³/mol. The van der Waals surface area contributed by atoms with Crippen LogP contribution in [0, 0.1) is 0 Å². The lowest BCUT2D eigenvalue weighted by Crippen LogP contribution is -3.14. The van der Waals surface area contributed by atoms with Gasteiger partial charge >= 0.3 is 0 Å². The Morgan fingerprint density at radius 2 is 1.92 bits per heavy atom. The lowest BCUT2D eigenvalue weighted by Gasteiger charge is -2.32. The monoisotopic (exact) mass is 366 g/mol. The molecular weight excluding hydrogens is 342 g/mol. The Balaban J connectivity index is 1.53. The van der Waals surface area contributed by atoms with Gasteiger partial charge in [0.05, 0.1) is 16.8 Å². The van der Waals surface area contributed by atoms with E-state index < -0.39 is 0 Å². The molecule has 2 atom stereocenters. The first kappa shape index (κ1) is 17.2. The summed E-state index contributed by atoms with van der Waals surface area (Å²) in [5.74, 6) is 0.166. The van der Waals surface area contributed by atoms with Crippen LogP contribution in [-0.2, 0) is 4.79 Å². The summed E-state index contributed by atoms with van der Waals surface area (Å²) >= 11 is 1.78. The number of aromatic nitrogens is 1. The summed E-state index contributed by atoms with van der Waals surface area (Å²) in [6, 6.07) is 18.5. The molecule has 134 valence electrons. The van der Waals surface area contributed by atoms with Crippen LogP contribution in [0.15, 0.2) is 54.6 Å². The van der Waals surface area contributed by atoms with Crippen molar-refractivity contribution >= 4 is 33.1 Å². The molecule has 1 amide bonds. The summed E-state index contributed by atoms with van der Waals surface area (Å²) in [6.45, 7) is 1.56. The summed E-state index contributed by atoms with van der Waals surface area (Å²) in [7, 11) is 1.87. The fourth-order valence-corrected chi connectivity index (χ4v) is 4.90. The largest absolute Gasteiger partial charge is 0.319 e. The maximum absolute atomic E-state index is 12.8. The third kappa shape index (κ3) is 3.50. The molecule has 0 aliphatic carbocycles. The van der Waals surface area contributed by atoms with Crippen molar-refractivity contribution in [1.82, 2.24) is 4.98 Å². The molecule has 2 heterocycles. The number of thiazole rings is 1. The number of carbonyl (C=O) groups is 1. The lowest BCUT2D eigenvalue weighted by atomic mass is 10.0. The molecule has 1 unspecified atom stereocenters. The van der Waals surface area contributed by atoms with E-state index in [1.165, 1.54) is 27.4 Å². The van der Waals surface area contributed by atoms with Gasteiger partial charge in [0.25, 0.3) is 5.91 Å².